The zero-order chi connectivity index (χ0) is 14.1. The quantitative estimate of drug-likeness (QED) is 0.744. The van der Waals surface area contributed by atoms with Crippen LogP contribution < -0.4 is 5.73 Å². The molecule has 0 aromatic heterocycles. The van der Waals surface area contributed by atoms with Crippen molar-refractivity contribution in [1.82, 2.24) is 4.90 Å². The van der Waals surface area contributed by atoms with Crippen LogP contribution in [0.3, 0.4) is 0 Å². The number of carbonyl (C=O) groups is 2. The van der Waals surface area contributed by atoms with E-state index in [4.69, 9.17) is 15.2 Å². The minimum Gasteiger partial charge on any atom is -0.376 e. The van der Waals surface area contributed by atoms with Crippen LogP contribution in [-0.4, -0.2) is 54.2 Å². The van der Waals surface area contributed by atoms with Crippen molar-refractivity contribution in [3.63, 3.8) is 0 Å². The predicted molar refractivity (Wildman–Crippen MR) is 70.8 cm³/mol. The van der Waals surface area contributed by atoms with E-state index in [2.05, 4.69) is 0 Å². The molecule has 2 aliphatic heterocycles. The fourth-order valence-corrected chi connectivity index (χ4v) is 3.24. The molecule has 2 atom stereocenters. The Morgan fingerprint density at radius 1 is 1.05 bits per heavy atom. The molecule has 0 aromatic carbocycles. The smallest absolute Gasteiger partial charge is 0.258 e. The Morgan fingerprint density at radius 3 is 2.25 bits per heavy atom. The molecule has 1 saturated carbocycles. The summed E-state index contributed by atoms with van der Waals surface area (Å²) in [5, 5.41) is 0. The zero-order valence-corrected chi connectivity index (χ0v) is 11.6. The Bertz CT molecular complexity index is 371. The molecule has 2 saturated heterocycles. The van der Waals surface area contributed by atoms with Crippen molar-refractivity contribution < 1.29 is 19.1 Å². The van der Waals surface area contributed by atoms with E-state index in [0.717, 1.165) is 25.7 Å². The van der Waals surface area contributed by atoms with Crippen molar-refractivity contribution in [2.24, 2.45) is 5.73 Å². The highest BCUT2D eigenvalue weighted by Gasteiger charge is 2.46. The van der Waals surface area contributed by atoms with Crippen LogP contribution in [0.4, 0.5) is 0 Å². The van der Waals surface area contributed by atoms with Gasteiger partial charge in [-0.2, -0.15) is 0 Å². The fraction of sp³-hybridized carbons (Fsp3) is 0.857. The second-order valence-electron chi connectivity index (χ2n) is 5.93. The Kier molecular flexibility index (Phi) is 4.05. The molecule has 2 unspecified atom stereocenters. The average Bonchev–Trinajstić information content (AvgIpc) is 2.90. The summed E-state index contributed by atoms with van der Waals surface area (Å²) in [5.74, 6) is -0.393. The van der Waals surface area contributed by atoms with Crippen LogP contribution in [0.5, 0.6) is 0 Å². The first-order valence-corrected chi connectivity index (χ1v) is 7.53. The molecule has 3 rings (SSSR count). The molecule has 2 N–H and O–H groups in total. The predicted octanol–water partition coefficient (Wildman–Crippen LogP) is 0.189. The number of hydrogen-bond donors (Lipinski definition) is 1. The molecule has 3 aliphatic rings. The molecular weight excluding hydrogens is 260 g/mol. The first kappa shape index (κ1) is 14.0. The number of imide groups is 1. The Labute approximate surface area is 118 Å². The molecule has 0 radical (unpaired) electrons. The SMILES string of the molecule is NC1CCC(OCCN2C(=O)C3CCC(O3)C2=O)CC1. The van der Waals surface area contributed by atoms with E-state index < -0.39 is 12.2 Å². The van der Waals surface area contributed by atoms with Crippen LogP contribution in [0.1, 0.15) is 38.5 Å². The lowest BCUT2D eigenvalue weighted by Gasteiger charge is -2.31. The summed E-state index contributed by atoms with van der Waals surface area (Å²) in [6, 6.07) is 0.299. The number of carbonyl (C=O) groups excluding carboxylic acids is 2. The molecule has 6 nitrogen and oxygen atoms in total. The zero-order valence-electron chi connectivity index (χ0n) is 11.6. The lowest BCUT2D eigenvalue weighted by atomic mass is 9.94. The van der Waals surface area contributed by atoms with Crippen molar-refractivity contribution in [2.75, 3.05) is 13.2 Å². The Morgan fingerprint density at radius 2 is 1.65 bits per heavy atom. The molecule has 0 spiro atoms. The lowest BCUT2D eigenvalue weighted by Crippen LogP contribution is -2.52. The normalized spacial score (nSPS) is 37.5. The van der Waals surface area contributed by atoms with Crippen molar-refractivity contribution in [1.29, 1.82) is 0 Å². The van der Waals surface area contributed by atoms with E-state index >= 15 is 0 Å². The van der Waals surface area contributed by atoms with Crippen molar-refractivity contribution in [2.45, 2.75) is 62.9 Å². The molecule has 2 heterocycles. The van der Waals surface area contributed by atoms with Gasteiger partial charge in [0.1, 0.15) is 12.2 Å². The van der Waals surface area contributed by atoms with Crippen LogP contribution in [0.2, 0.25) is 0 Å². The topological polar surface area (TPSA) is 81.9 Å². The second-order valence-corrected chi connectivity index (χ2v) is 5.93. The average molecular weight is 282 g/mol. The number of hydrogen-bond acceptors (Lipinski definition) is 5. The summed E-state index contributed by atoms with van der Waals surface area (Å²) in [6.07, 6.45) is 4.64. The minimum absolute atomic E-state index is 0.196. The molecule has 0 aromatic rings. The molecule has 1 aliphatic carbocycles. The molecule has 2 amide bonds. The van der Waals surface area contributed by atoms with E-state index in [1.807, 2.05) is 0 Å². The summed E-state index contributed by atoms with van der Waals surface area (Å²) in [4.78, 5) is 25.4. The summed E-state index contributed by atoms with van der Waals surface area (Å²) in [5.41, 5.74) is 5.85. The second kappa shape index (κ2) is 5.79. The molecule has 3 fully saturated rings. The third-order valence-electron chi connectivity index (χ3n) is 4.49. The number of fused-ring (bicyclic) bond motifs is 2. The first-order valence-electron chi connectivity index (χ1n) is 7.53. The van der Waals surface area contributed by atoms with Gasteiger partial charge in [0.05, 0.1) is 19.3 Å². The number of amides is 2. The number of ether oxygens (including phenoxy) is 2. The number of morpholine rings is 1. The number of likely N-dealkylation sites (tertiary alicyclic amines) is 1. The van der Waals surface area contributed by atoms with Gasteiger partial charge >= 0.3 is 0 Å². The summed E-state index contributed by atoms with van der Waals surface area (Å²) >= 11 is 0. The number of nitrogens with zero attached hydrogens (tertiary/aromatic N) is 1. The molecule has 2 bridgehead atoms. The third kappa shape index (κ3) is 2.73. The highest BCUT2D eigenvalue weighted by molar-refractivity contribution is 6.02. The van der Waals surface area contributed by atoms with Gasteiger partial charge in [-0.3, -0.25) is 14.5 Å². The standard InChI is InChI=1S/C14H22N2O4/c15-9-1-3-10(4-2-9)19-8-7-16-13(17)11-5-6-12(20-11)14(16)18/h9-12H,1-8,15H2. The van der Waals surface area contributed by atoms with Gasteiger partial charge in [0.25, 0.3) is 11.8 Å². The maximum atomic E-state index is 12.0. The van der Waals surface area contributed by atoms with Gasteiger partial charge in [0.15, 0.2) is 0 Å². The van der Waals surface area contributed by atoms with Gasteiger partial charge in [-0.1, -0.05) is 0 Å². The number of rotatable bonds is 4. The maximum Gasteiger partial charge on any atom is 0.258 e. The third-order valence-corrected chi connectivity index (χ3v) is 4.49. The summed E-state index contributed by atoms with van der Waals surface area (Å²) in [7, 11) is 0. The van der Waals surface area contributed by atoms with Gasteiger partial charge in [-0.15, -0.1) is 0 Å². The van der Waals surface area contributed by atoms with Gasteiger partial charge in [-0.25, -0.2) is 0 Å². The van der Waals surface area contributed by atoms with E-state index in [1.54, 1.807) is 0 Å². The fourth-order valence-electron chi connectivity index (χ4n) is 3.24. The van der Waals surface area contributed by atoms with Gasteiger partial charge in [-0.05, 0) is 38.5 Å². The molecule has 112 valence electrons. The van der Waals surface area contributed by atoms with Crippen LogP contribution in [0.15, 0.2) is 0 Å². The first-order chi connectivity index (χ1) is 9.65. The highest BCUT2D eigenvalue weighted by atomic mass is 16.5. The lowest BCUT2D eigenvalue weighted by molar-refractivity contribution is -0.169. The van der Waals surface area contributed by atoms with Crippen molar-refractivity contribution in [3.8, 4) is 0 Å². The summed E-state index contributed by atoms with van der Waals surface area (Å²) in [6.45, 7) is 0.757. The number of nitrogens with two attached hydrogens (primary N) is 1. The van der Waals surface area contributed by atoms with Crippen LogP contribution >= 0.6 is 0 Å². The Hall–Kier alpha value is -0.980. The molecule has 20 heavy (non-hydrogen) atoms. The van der Waals surface area contributed by atoms with Crippen LogP contribution in [-0.2, 0) is 19.1 Å². The molecular formula is C14H22N2O4. The van der Waals surface area contributed by atoms with Crippen molar-refractivity contribution >= 4 is 11.8 Å². The largest absolute Gasteiger partial charge is 0.376 e. The van der Waals surface area contributed by atoms with E-state index in [1.165, 1.54) is 4.90 Å². The van der Waals surface area contributed by atoms with E-state index in [-0.39, 0.29) is 17.9 Å². The maximum absolute atomic E-state index is 12.0. The minimum atomic E-state index is -0.412. The van der Waals surface area contributed by atoms with E-state index in [9.17, 15) is 9.59 Å². The summed E-state index contributed by atoms with van der Waals surface area (Å²) < 4.78 is 11.1. The van der Waals surface area contributed by atoms with E-state index in [0.29, 0.717) is 32.0 Å². The van der Waals surface area contributed by atoms with Gasteiger partial charge in [0, 0.05) is 6.04 Å². The van der Waals surface area contributed by atoms with Crippen molar-refractivity contribution in [3.05, 3.63) is 0 Å². The molecule has 6 heteroatoms. The van der Waals surface area contributed by atoms with Crippen LogP contribution in [0, 0.1) is 0 Å². The van der Waals surface area contributed by atoms with Gasteiger partial charge in [0.2, 0.25) is 0 Å². The Balaban J connectivity index is 1.46. The highest BCUT2D eigenvalue weighted by Crippen LogP contribution is 2.28. The van der Waals surface area contributed by atoms with Gasteiger partial charge < -0.3 is 15.2 Å². The monoisotopic (exact) mass is 282 g/mol. The van der Waals surface area contributed by atoms with Crippen LogP contribution in [0.25, 0.3) is 0 Å².